The second-order valence-corrected chi connectivity index (χ2v) is 11.7. The van der Waals surface area contributed by atoms with Gasteiger partial charge in [-0.15, -0.1) is 0 Å². The predicted molar refractivity (Wildman–Crippen MR) is 160 cm³/mol. The molecule has 4 aromatic carbocycles. The van der Waals surface area contributed by atoms with Gasteiger partial charge < -0.3 is 19.7 Å². The summed E-state index contributed by atoms with van der Waals surface area (Å²) >= 11 is 0. The first-order chi connectivity index (χ1) is 20.2. The van der Waals surface area contributed by atoms with Crippen LogP contribution in [0.25, 0.3) is 0 Å². The lowest BCUT2D eigenvalue weighted by Gasteiger charge is -2.34. The molecule has 1 atom stereocenters. The molecule has 0 saturated heterocycles. The number of benzene rings is 4. The first-order valence-corrected chi connectivity index (χ1v) is 14.9. The van der Waals surface area contributed by atoms with Crippen molar-refractivity contribution >= 4 is 33.2 Å². The third-order valence-electron chi connectivity index (χ3n) is 6.65. The van der Waals surface area contributed by atoms with Crippen LogP contribution in [0.4, 0.5) is 11.4 Å². The minimum Gasteiger partial charge on any atom is -0.484 e. The second-order valence-electron chi connectivity index (χ2n) is 10.0. The number of nitrogens with zero attached hydrogens (tertiary/aromatic N) is 1. The van der Waals surface area contributed by atoms with Gasteiger partial charge in [0.25, 0.3) is 21.8 Å². The molecule has 0 saturated carbocycles. The number of para-hydroxylation sites is 2. The van der Waals surface area contributed by atoms with E-state index >= 15 is 0 Å². The Morgan fingerprint density at radius 2 is 1.57 bits per heavy atom. The number of carbonyl (C=O) groups is 2. The molecule has 1 unspecified atom stereocenters. The van der Waals surface area contributed by atoms with E-state index in [9.17, 15) is 18.0 Å². The lowest BCUT2D eigenvalue weighted by Crippen LogP contribution is -2.51. The predicted octanol–water partition coefficient (Wildman–Crippen LogP) is 4.59. The maximum Gasteiger partial charge on any atom is 0.265 e. The molecule has 2 amide bonds. The van der Waals surface area contributed by atoms with Crippen molar-refractivity contribution in [1.82, 2.24) is 5.32 Å². The van der Waals surface area contributed by atoms with Crippen molar-refractivity contribution in [3.8, 4) is 11.5 Å². The van der Waals surface area contributed by atoms with Crippen molar-refractivity contribution in [1.29, 1.82) is 0 Å². The largest absolute Gasteiger partial charge is 0.484 e. The summed E-state index contributed by atoms with van der Waals surface area (Å²) in [6.07, 6.45) is -0.901. The average molecular weight is 586 g/mol. The monoisotopic (exact) mass is 585 g/mol. The Morgan fingerprint density at radius 1 is 0.905 bits per heavy atom. The topological polar surface area (TPSA) is 114 Å². The molecule has 1 aliphatic rings. The Bertz CT molecular complexity index is 1670. The van der Waals surface area contributed by atoms with Crippen LogP contribution in [0.2, 0.25) is 0 Å². The fraction of sp³-hybridized carbons (Fsp3) is 0.188. The van der Waals surface area contributed by atoms with Crippen LogP contribution in [-0.4, -0.2) is 39.5 Å². The highest BCUT2D eigenvalue weighted by Crippen LogP contribution is 2.33. The van der Waals surface area contributed by atoms with Gasteiger partial charge in [-0.25, -0.2) is 8.42 Å². The van der Waals surface area contributed by atoms with Crippen LogP contribution in [0.5, 0.6) is 11.5 Å². The van der Waals surface area contributed by atoms with Gasteiger partial charge in [0.15, 0.2) is 12.7 Å². The lowest BCUT2D eigenvalue weighted by atomic mass is 10.1. The van der Waals surface area contributed by atoms with Crippen molar-refractivity contribution in [2.24, 2.45) is 0 Å². The van der Waals surface area contributed by atoms with Crippen LogP contribution < -0.4 is 24.4 Å². The van der Waals surface area contributed by atoms with Gasteiger partial charge in [0.2, 0.25) is 0 Å². The van der Waals surface area contributed by atoms with Crippen molar-refractivity contribution in [3.05, 3.63) is 114 Å². The average Bonchev–Trinajstić information content (AvgIpc) is 2.98. The van der Waals surface area contributed by atoms with E-state index < -0.39 is 16.1 Å². The molecule has 1 aliphatic heterocycles. The van der Waals surface area contributed by atoms with Crippen molar-refractivity contribution < 1.29 is 27.5 Å². The molecule has 0 aromatic heterocycles. The number of amides is 2. The van der Waals surface area contributed by atoms with Gasteiger partial charge in [-0.05, 0) is 79.1 Å². The number of fused-ring (bicyclic) bond motifs is 1. The molecule has 0 spiro atoms. The SMILES string of the molecule is Cc1cc(C)cc(NS(=O)(=O)c2ccc(OCC(=O)N3CC(C(=O)NCc4ccccc4)Oc4ccccc43)cc2)c1. The van der Waals surface area contributed by atoms with Crippen LogP contribution in [-0.2, 0) is 26.2 Å². The summed E-state index contributed by atoms with van der Waals surface area (Å²) in [5, 5.41) is 2.87. The van der Waals surface area contributed by atoms with Crippen LogP contribution in [0.15, 0.2) is 102 Å². The van der Waals surface area contributed by atoms with Gasteiger partial charge >= 0.3 is 0 Å². The lowest BCUT2D eigenvalue weighted by molar-refractivity contribution is -0.128. The Kier molecular flexibility index (Phi) is 8.44. The number of rotatable bonds is 9. The van der Waals surface area contributed by atoms with Crippen LogP contribution >= 0.6 is 0 Å². The number of hydrogen-bond acceptors (Lipinski definition) is 6. The summed E-state index contributed by atoms with van der Waals surface area (Å²) in [6, 6.07) is 27.8. The van der Waals surface area contributed by atoms with Crippen molar-refractivity contribution in [2.45, 2.75) is 31.4 Å². The van der Waals surface area contributed by atoms with E-state index in [1.54, 1.807) is 36.4 Å². The number of ether oxygens (including phenoxy) is 2. The molecule has 42 heavy (non-hydrogen) atoms. The summed E-state index contributed by atoms with van der Waals surface area (Å²) in [5.74, 6) is 0.0355. The number of aryl methyl sites for hydroxylation is 2. The Balaban J connectivity index is 1.22. The normalized spacial score (nSPS) is 14.3. The molecule has 0 radical (unpaired) electrons. The standard InChI is InChI=1S/C32H31N3O6S/c1-22-16-23(2)18-25(17-22)34-42(38,39)27-14-12-26(13-15-27)40-21-31(36)35-20-30(41-29-11-7-6-10-28(29)35)32(37)33-19-24-8-4-3-5-9-24/h3-18,30,34H,19-21H2,1-2H3,(H,33,37). The van der Waals surface area contributed by atoms with E-state index in [-0.39, 0.29) is 29.9 Å². The zero-order chi connectivity index (χ0) is 29.7. The van der Waals surface area contributed by atoms with E-state index in [0.717, 1.165) is 16.7 Å². The molecule has 1 heterocycles. The summed E-state index contributed by atoms with van der Waals surface area (Å²) < 4.78 is 40.0. The molecule has 2 N–H and O–H groups in total. The zero-order valence-corrected chi connectivity index (χ0v) is 24.1. The maximum absolute atomic E-state index is 13.3. The number of anilines is 2. The molecule has 216 valence electrons. The molecule has 0 fully saturated rings. The summed E-state index contributed by atoms with van der Waals surface area (Å²) in [7, 11) is -3.81. The highest BCUT2D eigenvalue weighted by Gasteiger charge is 2.33. The first kappa shape index (κ1) is 28.7. The molecular formula is C32H31N3O6S. The van der Waals surface area contributed by atoms with Gasteiger partial charge in [0.05, 0.1) is 17.1 Å². The number of sulfonamides is 1. The third kappa shape index (κ3) is 6.90. The molecule has 5 rings (SSSR count). The Labute approximate surface area is 245 Å². The number of carbonyl (C=O) groups excluding carboxylic acids is 2. The number of hydrogen-bond donors (Lipinski definition) is 2. The quantitative estimate of drug-likeness (QED) is 0.297. The highest BCUT2D eigenvalue weighted by atomic mass is 32.2. The van der Waals surface area contributed by atoms with Crippen molar-refractivity contribution in [3.63, 3.8) is 0 Å². The molecule has 0 aliphatic carbocycles. The van der Waals surface area contributed by atoms with E-state index in [2.05, 4.69) is 10.0 Å². The van der Waals surface area contributed by atoms with Crippen LogP contribution in [0, 0.1) is 13.8 Å². The Hall–Kier alpha value is -4.83. The second kappa shape index (κ2) is 12.4. The Morgan fingerprint density at radius 3 is 2.29 bits per heavy atom. The zero-order valence-electron chi connectivity index (χ0n) is 23.2. The maximum atomic E-state index is 13.3. The minimum atomic E-state index is -3.81. The highest BCUT2D eigenvalue weighted by molar-refractivity contribution is 7.92. The van der Waals surface area contributed by atoms with Gasteiger partial charge in [0, 0.05) is 12.2 Å². The summed E-state index contributed by atoms with van der Waals surface area (Å²) in [4.78, 5) is 27.7. The first-order valence-electron chi connectivity index (χ1n) is 13.4. The summed E-state index contributed by atoms with van der Waals surface area (Å²) in [6.45, 7) is 3.83. The van der Waals surface area contributed by atoms with Gasteiger partial charge in [-0.2, -0.15) is 0 Å². The fourth-order valence-corrected chi connectivity index (χ4v) is 5.73. The van der Waals surface area contributed by atoms with E-state index in [1.165, 1.54) is 29.2 Å². The third-order valence-corrected chi connectivity index (χ3v) is 8.04. The molecule has 10 heteroatoms. The molecule has 4 aromatic rings. The number of nitrogens with one attached hydrogen (secondary N) is 2. The van der Waals surface area contributed by atoms with E-state index in [0.29, 0.717) is 29.4 Å². The van der Waals surface area contributed by atoms with E-state index in [4.69, 9.17) is 9.47 Å². The van der Waals surface area contributed by atoms with Crippen LogP contribution in [0.1, 0.15) is 16.7 Å². The fourth-order valence-electron chi connectivity index (χ4n) is 4.69. The molecular weight excluding hydrogens is 554 g/mol. The van der Waals surface area contributed by atoms with Gasteiger partial charge in [-0.3, -0.25) is 14.3 Å². The van der Waals surface area contributed by atoms with E-state index in [1.807, 2.05) is 50.2 Å². The smallest absolute Gasteiger partial charge is 0.265 e. The minimum absolute atomic E-state index is 0.0150. The van der Waals surface area contributed by atoms with Gasteiger partial charge in [0.1, 0.15) is 11.5 Å². The summed E-state index contributed by atoms with van der Waals surface area (Å²) in [5.41, 5.74) is 3.86. The molecule has 9 nitrogen and oxygen atoms in total. The van der Waals surface area contributed by atoms with Gasteiger partial charge in [-0.1, -0.05) is 48.5 Å². The van der Waals surface area contributed by atoms with Crippen molar-refractivity contribution in [2.75, 3.05) is 22.8 Å². The molecule has 0 bridgehead atoms. The van der Waals surface area contributed by atoms with Crippen LogP contribution in [0.3, 0.4) is 0 Å².